The maximum atomic E-state index is 12.8. The highest BCUT2D eigenvalue weighted by molar-refractivity contribution is 9.11. The maximum Gasteiger partial charge on any atom is 0.530 e. The van der Waals surface area contributed by atoms with E-state index in [9.17, 15) is 14.7 Å². The topological polar surface area (TPSA) is 87.9 Å². The molecule has 1 saturated heterocycles. The zero-order valence-electron chi connectivity index (χ0n) is 12.6. The highest BCUT2D eigenvalue weighted by Gasteiger charge is 2.37. The van der Waals surface area contributed by atoms with Crippen molar-refractivity contribution in [2.75, 3.05) is 6.61 Å². The normalized spacial score (nSPS) is 23.2. The summed E-state index contributed by atoms with van der Waals surface area (Å²) in [6.07, 6.45) is 0.0719. The van der Waals surface area contributed by atoms with Gasteiger partial charge in [0.05, 0.1) is 17.6 Å². The van der Waals surface area contributed by atoms with Crippen LogP contribution in [0.15, 0.2) is 51.4 Å². The van der Waals surface area contributed by atoms with Gasteiger partial charge in [-0.25, -0.2) is 4.57 Å². The lowest BCUT2D eigenvalue weighted by atomic mass is 10.1. The van der Waals surface area contributed by atoms with Crippen LogP contribution >= 0.6 is 39.7 Å². The van der Waals surface area contributed by atoms with E-state index in [1.165, 1.54) is 24.3 Å². The van der Waals surface area contributed by atoms with E-state index in [1.54, 1.807) is 0 Å². The van der Waals surface area contributed by atoms with Crippen LogP contribution in [0, 0.1) is 10.1 Å². The van der Waals surface area contributed by atoms with E-state index >= 15 is 0 Å². The van der Waals surface area contributed by atoms with Gasteiger partial charge in [-0.2, -0.15) is 0 Å². The molecule has 3 rings (SSSR count). The van der Waals surface area contributed by atoms with Crippen molar-refractivity contribution in [1.29, 1.82) is 0 Å². The van der Waals surface area contributed by atoms with Crippen LogP contribution in [-0.4, -0.2) is 11.5 Å². The van der Waals surface area contributed by atoms with Gasteiger partial charge in [0.2, 0.25) is 0 Å². The molecule has 1 heterocycles. The lowest BCUT2D eigenvalue weighted by Gasteiger charge is -2.29. The van der Waals surface area contributed by atoms with Gasteiger partial charge in [0.1, 0.15) is 5.75 Å². The standard InChI is InChI=1S/C15H12Br2NO6P/c16-11-7-10(8-12(17)9-11)15-5-6-22-25(21,24-15)23-14-3-1-13(2-4-14)18(19)20/h1-4,7-9,15H,5-6H2/t15-,25-/m0/s1. The summed E-state index contributed by atoms with van der Waals surface area (Å²) in [5.41, 5.74) is 0.741. The number of non-ortho nitro benzene ring substituents is 1. The number of halogens is 2. The van der Waals surface area contributed by atoms with E-state index in [1.807, 2.05) is 18.2 Å². The quantitative estimate of drug-likeness (QED) is 0.305. The fourth-order valence-corrected chi connectivity index (χ4v) is 5.04. The van der Waals surface area contributed by atoms with Gasteiger partial charge in [-0.3, -0.25) is 19.2 Å². The fraction of sp³-hybridized carbons (Fsp3) is 0.200. The van der Waals surface area contributed by atoms with Gasteiger partial charge in [-0.15, -0.1) is 0 Å². The zero-order chi connectivity index (χ0) is 18.0. The Labute approximate surface area is 160 Å². The second-order valence-corrected chi connectivity index (χ2v) is 8.59. The smallest absolute Gasteiger partial charge is 0.404 e. The minimum atomic E-state index is -3.83. The third-order valence-corrected chi connectivity index (χ3v) is 5.77. The Morgan fingerprint density at radius 1 is 1.16 bits per heavy atom. The van der Waals surface area contributed by atoms with E-state index in [2.05, 4.69) is 31.9 Å². The lowest BCUT2D eigenvalue weighted by Crippen LogP contribution is -2.16. The molecule has 0 unspecified atom stereocenters. The number of benzene rings is 2. The van der Waals surface area contributed by atoms with Gasteiger partial charge >= 0.3 is 7.82 Å². The Hall–Kier alpha value is -1.25. The summed E-state index contributed by atoms with van der Waals surface area (Å²) in [7, 11) is -3.83. The number of nitro benzene ring substituents is 1. The van der Waals surface area contributed by atoms with Crippen LogP contribution in [0.3, 0.4) is 0 Å². The average Bonchev–Trinajstić information content (AvgIpc) is 2.54. The molecule has 7 nitrogen and oxygen atoms in total. The number of phosphoric ester groups is 1. The number of phosphoric acid groups is 1. The van der Waals surface area contributed by atoms with Crippen molar-refractivity contribution in [3.05, 3.63) is 67.1 Å². The van der Waals surface area contributed by atoms with Crippen molar-refractivity contribution in [3.8, 4) is 5.75 Å². The molecule has 10 heteroatoms. The number of hydrogen-bond acceptors (Lipinski definition) is 6. The van der Waals surface area contributed by atoms with Crippen molar-refractivity contribution in [3.63, 3.8) is 0 Å². The van der Waals surface area contributed by atoms with E-state index in [0.717, 1.165) is 14.5 Å². The summed E-state index contributed by atoms with van der Waals surface area (Å²) in [5.74, 6) is 0.171. The molecule has 0 N–H and O–H groups in total. The van der Waals surface area contributed by atoms with Crippen LogP contribution in [0.4, 0.5) is 5.69 Å². The minimum absolute atomic E-state index is 0.0898. The molecule has 1 fully saturated rings. The van der Waals surface area contributed by atoms with Gasteiger partial charge in [0, 0.05) is 27.5 Å². The summed E-state index contributed by atoms with van der Waals surface area (Å²) in [6.45, 7) is 0.207. The number of hydrogen-bond donors (Lipinski definition) is 0. The minimum Gasteiger partial charge on any atom is -0.404 e. The first-order chi connectivity index (χ1) is 11.8. The SMILES string of the molecule is O=[N+]([O-])c1ccc(O[P@]2(=O)OCC[C@@H](c3cc(Br)cc(Br)c3)O2)cc1. The Morgan fingerprint density at radius 2 is 1.80 bits per heavy atom. The van der Waals surface area contributed by atoms with Gasteiger partial charge < -0.3 is 4.52 Å². The van der Waals surface area contributed by atoms with E-state index in [-0.39, 0.29) is 18.0 Å². The van der Waals surface area contributed by atoms with Crippen LogP contribution in [0.1, 0.15) is 18.1 Å². The first-order valence-corrected chi connectivity index (χ1v) is 10.2. The number of rotatable bonds is 4. The number of nitro groups is 1. The van der Waals surface area contributed by atoms with E-state index in [0.29, 0.717) is 6.42 Å². The average molecular weight is 493 g/mol. The molecule has 2 aromatic rings. The van der Waals surface area contributed by atoms with Gasteiger partial charge in [-0.1, -0.05) is 31.9 Å². The van der Waals surface area contributed by atoms with Crippen molar-refractivity contribution < 1.29 is 23.1 Å². The van der Waals surface area contributed by atoms with Crippen LogP contribution in [0.25, 0.3) is 0 Å². The predicted octanol–water partition coefficient (Wildman–Crippen LogP) is 5.78. The molecule has 25 heavy (non-hydrogen) atoms. The molecule has 0 aliphatic carbocycles. The molecule has 0 spiro atoms. The third-order valence-electron chi connectivity index (χ3n) is 3.41. The monoisotopic (exact) mass is 491 g/mol. The Kier molecular flexibility index (Phi) is 5.60. The summed E-state index contributed by atoms with van der Waals surface area (Å²) >= 11 is 6.82. The summed E-state index contributed by atoms with van der Waals surface area (Å²) in [6, 6.07) is 10.8. The highest BCUT2D eigenvalue weighted by Crippen LogP contribution is 2.56. The second kappa shape index (κ2) is 7.55. The molecule has 0 radical (unpaired) electrons. The summed E-state index contributed by atoms with van der Waals surface area (Å²) in [4.78, 5) is 10.1. The predicted molar refractivity (Wildman–Crippen MR) is 97.6 cm³/mol. The fourth-order valence-electron chi connectivity index (χ4n) is 2.30. The Balaban J connectivity index is 1.77. The molecule has 132 valence electrons. The lowest BCUT2D eigenvalue weighted by molar-refractivity contribution is -0.384. The molecule has 1 aliphatic rings. The van der Waals surface area contributed by atoms with Crippen LogP contribution < -0.4 is 4.52 Å². The van der Waals surface area contributed by atoms with E-state index < -0.39 is 18.8 Å². The molecule has 0 saturated carbocycles. The molecule has 2 aromatic carbocycles. The molecule has 2 atom stereocenters. The van der Waals surface area contributed by atoms with Crippen molar-refractivity contribution >= 4 is 45.4 Å². The van der Waals surface area contributed by atoms with Gasteiger partial charge in [0.15, 0.2) is 0 Å². The van der Waals surface area contributed by atoms with Crippen LogP contribution in [0.5, 0.6) is 5.75 Å². The molecular formula is C15H12Br2NO6P. The molecule has 0 amide bonds. The third kappa shape index (κ3) is 4.68. The molecule has 1 aliphatic heterocycles. The Morgan fingerprint density at radius 3 is 2.40 bits per heavy atom. The Bertz CT molecular complexity index is 824. The van der Waals surface area contributed by atoms with E-state index in [4.69, 9.17) is 13.6 Å². The largest absolute Gasteiger partial charge is 0.530 e. The van der Waals surface area contributed by atoms with Crippen molar-refractivity contribution in [2.24, 2.45) is 0 Å². The first kappa shape index (κ1) is 18.5. The summed E-state index contributed by atoms with van der Waals surface area (Å²) in [5, 5.41) is 10.7. The van der Waals surface area contributed by atoms with Crippen molar-refractivity contribution in [2.45, 2.75) is 12.5 Å². The zero-order valence-corrected chi connectivity index (χ0v) is 16.7. The summed E-state index contributed by atoms with van der Waals surface area (Å²) < 4.78 is 30.6. The molecular weight excluding hydrogens is 481 g/mol. The van der Waals surface area contributed by atoms with Gasteiger partial charge in [-0.05, 0) is 35.9 Å². The van der Waals surface area contributed by atoms with Crippen molar-refractivity contribution in [1.82, 2.24) is 0 Å². The molecule has 0 aromatic heterocycles. The van der Waals surface area contributed by atoms with Crippen LogP contribution in [0.2, 0.25) is 0 Å². The highest BCUT2D eigenvalue weighted by atomic mass is 79.9. The van der Waals surface area contributed by atoms with Crippen LogP contribution in [-0.2, 0) is 13.6 Å². The van der Waals surface area contributed by atoms with Gasteiger partial charge in [0.25, 0.3) is 5.69 Å². The molecule has 0 bridgehead atoms. The maximum absolute atomic E-state index is 12.8. The second-order valence-electron chi connectivity index (χ2n) is 5.21. The first-order valence-electron chi connectivity index (χ1n) is 7.18. The number of nitrogens with zero attached hydrogens (tertiary/aromatic N) is 1.